The van der Waals surface area contributed by atoms with Crippen molar-refractivity contribution in [2.45, 2.75) is 19.6 Å². The number of rotatable bonds is 6. The number of amides is 1. The molecule has 0 saturated heterocycles. The van der Waals surface area contributed by atoms with Crippen molar-refractivity contribution in [3.05, 3.63) is 59.7 Å². The van der Waals surface area contributed by atoms with Gasteiger partial charge in [0.15, 0.2) is 0 Å². The van der Waals surface area contributed by atoms with Gasteiger partial charge in [0.1, 0.15) is 5.75 Å². The molecule has 0 bridgehead atoms. The van der Waals surface area contributed by atoms with Gasteiger partial charge in [0.2, 0.25) is 5.91 Å². The maximum Gasteiger partial charge on any atom is 0.387 e. The summed E-state index contributed by atoms with van der Waals surface area (Å²) in [4.78, 5) is 12.0. The van der Waals surface area contributed by atoms with E-state index in [2.05, 4.69) is 10.1 Å². The van der Waals surface area contributed by atoms with Crippen molar-refractivity contribution in [1.29, 1.82) is 0 Å². The van der Waals surface area contributed by atoms with E-state index >= 15 is 0 Å². The minimum atomic E-state index is -2.90. The zero-order valence-electron chi connectivity index (χ0n) is 11.6. The third kappa shape index (κ3) is 4.82. The van der Waals surface area contributed by atoms with E-state index in [0.717, 1.165) is 0 Å². The Morgan fingerprint density at radius 2 is 1.86 bits per heavy atom. The predicted octanol–water partition coefficient (Wildman–Crippen LogP) is 2.96. The second-order valence-electron chi connectivity index (χ2n) is 4.61. The van der Waals surface area contributed by atoms with Crippen molar-refractivity contribution in [2.24, 2.45) is 0 Å². The van der Waals surface area contributed by atoms with Gasteiger partial charge in [-0.1, -0.05) is 24.3 Å². The van der Waals surface area contributed by atoms with E-state index < -0.39 is 6.61 Å². The molecule has 0 aromatic heterocycles. The number of hydrogen-bond donors (Lipinski definition) is 2. The molecular weight excluding hydrogens is 292 g/mol. The molecule has 1 amide bonds. The van der Waals surface area contributed by atoms with Gasteiger partial charge in [-0.15, -0.1) is 0 Å². The molecule has 6 heteroatoms. The average molecular weight is 307 g/mol. The van der Waals surface area contributed by atoms with Gasteiger partial charge >= 0.3 is 6.61 Å². The predicted molar refractivity (Wildman–Crippen MR) is 77.8 cm³/mol. The number of carbonyl (C=O) groups is 1. The minimum Gasteiger partial charge on any atom is -0.435 e. The lowest BCUT2D eigenvalue weighted by Crippen LogP contribution is -2.14. The van der Waals surface area contributed by atoms with Gasteiger partial charge in [-0.25, -0.2) is 0 Å². The van der Waals surface area contributed by atoms with Gasteiger partial charge in [0, 0.05) is 5.69 Å². The van der Waals surface area contributed by atoms with Gasteiger partial charge in [-0.3, -0.25) is 4.79 Å². The Balaban J connectivity index is 1.99. The van der Waals surface area contributed by atoms with Crippen LogP contribution in [0.5, 0.6) is 5.75 Å². The summed E-state index contributed by atoms with van der Waals surface area (Å²) >= 11 is 0. The molecule has 2 aromatic rings. The van der Waals surface area contributed by atoms with Crippen LogP contribution in [0.15, 0.2) is 48.5 Å². The van der Waals surface area contributed by atoms with Gasteiger partial charge in [-0.2, -0.15) is 8.78 Å². The van der Waals surface area contributed by atoms with E-state index in [4.69, 9.17) is 5.11 Å². The highest BCUT2D eigenvalue weighted by molar-refractivity contribution is 5.92. The van der Waals surface area contributed by atoms with Crippen LogP contribution in [0.1, 0.15) is 11.1 Å². The number of carbonyl (C=O) groups excluding carboxylic acids is 1. The second-order valence-corrected chi connectivity index (χ2v) is 4.61. The first-order valence-electron chi connectivity index (χ1n) is 6.60. The first-order chi connectivity index (χ1) is 10.6. The summed E-state index contributed by atoms with van der Waals surface area (Å²) in [6.07, 6.45) is 0.0315. The summed E-state index contributed by atoms with van der Waals surface area (Å²) < 4.78 is 28.6. The SMILES string of the molecule is O=C(Cc1cccc(OC(F)F)c1)Nc1cccc(CO)c1. The van der Waals surface area contributed by atoms with Crippen LogP contribution in [-0.2, 0) is 17.8 Å². The Kier molecular flexibility index (Phi) is 5.43. The number of halogens is 2. The number of ether oxygens (including phenoxy) is 1. The first-order valence-corrected chi connectivity index (χ1v) is 6.60. The zero-order valence-corrected chi connectivity index (χ0v) is 11.6. The molecule has 0 heterocycles. The Labute approximate surface area is 126 Å². The maximum atomic E-state index is 12.2. The number of anilines is 1. The first kappa shape index (κ1) is 15.9. The summed E-state index contributed by atoms with van der Waals surface area (Å²) in [5, 5.41) is 11.7. The van der Waals surface area contributed by atoms with Crippen molar-refractivity contribution in [3.8, 4) is 5.75 Å². The Morgan fingerprint density at radius 1 is 1.14 bits per heavy atom. The van der Waals surface area contributed by atoms with Gasteiger partial charge in [0.05, 0.1) is 13.0 Å². The third-order valence-electron chi connectivity index (χ3n) is 2.88. The standard InChI is InChI=1S/C16H15F2NO3/c17-16(18)22-14-6-2-3-11(8-14)9-15(21)19-13-5-1-4-12(7-13)10-20/h1-8,16,20H,9-10H2,(H,19,21). The molecule has 2 aromatic carbocycles. The molecule has 116 valence electrons. The Morgan fingerprint density at radius 3 is 2.59 bits per heavy atom. The molecule has 0 aliphatic heterocycles. The molecule has 2 N–H and O–H groups in total. The number of nitrogens with one attached hydrogen (secondary N) is 1. The highest BCUT2D eigenvalue weighted by atomic mass is 19.3. The largest absolute Gasteiger partial charge is 0.435 e. The topological polar surface area (TPSA) is 58.6 Å². The normalized spacial score (nSPS) is 10.5. The quantitative estimate of drug-likeness (QED) is 0.862. The fourth-order valence-electron chi connectivity index (χ4n) is 1.97. The second kappa shape index (κ2) is 7.51. The Hall–Kier alpha value is -2.47. The van der Waals surface area contributed by atoms with Crippen LogP contribution in [-0.4, -0.2) is 17.6 Å². The molecule has 0 atom stereocenters. The zero-order chi connectivity index (χ0) is 15.9. The van der Waals surface area contributed by atoms with Gasteiger partial charge in [-0.05, 0) is 35.4 Å². The molecule has 0 saturated carbocycles. The van der Waals surface area contributed by atoms with Gasteiger partial charge < -0.3 is 15.2 Å². The molecule has 0 unspecified atom stereocenters. The number of benzene rings is 2. The van der Waals surface area contributed by atoms with E-state index in [1.54, 1.807) is 36.4 Å². The van der Waals surface area contributed by atoms with Crippen LogP contribution in [0.4, 0.5) is 14.5 Å². The number of aliphatic hydroxyl groups excluding tert-OH is 1. The number of alkyl halides is 2. The van der Waals surface area contributed by atoms with Crippen molar-refractivity contribution >= 4 is 11.6 Å². The maximum absolute atomic E-state index is 12.2. The summed E-state index contributed by atoms with van der Waals surface area (Å²) in [5.41, 5.74) is 1.82. The van der Waals surface area contributed by atoms with E-state index in [1.165, 1.54) is 12.1 Å². The summed E-state index contributed by atoms with van der Waals surface area (Å²) in [6.45, 7) is -3.01. The molecular formula is C16H15F2NO3. The van der Waals surface area contributed by atoms with Crippen molar-refractivity contribution < 1.29 is 23.4 Å². The number of aliphatic hydroxyl groups is 1. The fraction of sp³-hybridized carbons (Fsp3) is 0.188. The van der Waals surface area contributed by atoms with E-state index in [9.17, 15) is 13.6 Å². The van der Waals surface area contributed by atoms with E-state index in [1.807, 2.05) is 0 Å². The average Bonchev–Trinajstić information content (AvgIpc) is 2.47. The molecule has 0 aliphatic rings. The van der Waals surface area contributed by atoms with Crippen LogP contribution >= 0.6 is 0 Å². The highest BCUT2D eigenvalue weighted by Gasteiger charge is 2.08. The van der Waals surface area contributed by atoms with E-state index in [0.29, 0.717) is 16.8 Å². The Bertz CT molecular complexity index is 647. The van der Waals surface area contributed by atoms with Crippen LogP contribution in [0.25, 0.3) is 0 Å². The molecule has 0 aliphatic carbocycles. The van der Waals surface area contributed by atoms with Crippen LogP contribution in [0.2, 0.25) is 0 Å². The van der Waals surface area contributed by atoms with Crippen molar-refractivity contribution in [1.82, 2.24) is 0 Å². The van der Waals surface area contributed by atoms with Crippen molar-refractivity contribution in [2.75, 3.05) is 5.32 Å². The summed E-state index contributed by atoms with van der Waals surface area (Å²) in [5.74, 6) is -0.271. The number of hydrogen-bond acceptors (Lipinski definition) is 3. The molecule has 22 heavy (non-hydrogen) atoms. The summed E-state index contributed by atoms with van der Waals surface area (Å²) in [6, 6.07) is 12.8. The fourth-order valence-corrected chi connectivity index (χ4v) is 1.97. The smallest absolute Gasteiger partial charge is 0.387 e. The molecule has 0 fully saturated rings. The lowest BCUT2D eigenvalue weighted by molar-refractivity contribution is -0.115. The molecule has 2 rings (SSSR count). The lowest BCUT2D eigenvalue weighted by atomic mass is 10.1. The lowest BCUT2D eigenvalue weighted by Gasteiger charge is -2.08. The highest BCUT2D eigenvalue weighted by Crippen LogP contribution is 2.17. The van der Waals surface area contributed by atoms with Crippen LogP contribution in [0, 0.1) is 0 Å². The third-order valence-corrected chi connectivity index (χ3v) is 2.88. The minimum absolute atomic E-state index is 0.0163. The van der Waals surface area contributed by atoms with E-state index in [-0.39, 0.29) is 24.7 Å². The molecule has 0 spiro atoms. The molecule has 4 nitrogen and oxygen atoms in total. The monoisotopic (exact) mass is 307 g/mol. The van der Waals surface area contributed by atoms with Gasteiger partial charge in [0.25, 0.3) is 0 Å². The van der Waals surface area contributed by atoms with Crippen LogP contribution < -0.4 is 10.1 Å². The van der Waals surface area contributed by atoms with Crippen LogP contribution in [0.3, 0.4) is 0 Å². The van der Waals surface area contributed by atoms with Crippen molar-refractivity contribution in [3.63, 3.8) is 0 Å². The summed E-state index contributed by atoms with van der Waals surface area (Å²) in [7, 11) is 0. The molecule has 0 radical (unpaired) electrons.